The number of para-hydroxylation sites is 2. The third-order valence-corrected chi connectivity index (χ3v) is 6.60. The van der Waals surface area contributed by atoms with E-state index in [0.717, 1.165) is 29.9 Å². The van der Waals surface area contributed by atoms with Crippen LogP contribution in [0.5, 0.6) is 11.5 Å². The van der Waals surface area contributed by atoms with Crippen LogP contribution in [0.2, 0.25) is 0 Å². The van der Waals surface area contributed by atoms with Crippen LogP contribution in [-0.2, 0) is 4.79 Å². The Morgan fingerprint density at radius 2 is 1.75 bits per heavy atom. The molecule has 2 fully saturated rings. The molecule has 1 unspecified atom stereocenters. The summed E-state index contributed by atoms with van der Waals surface area (Å²) >= 11 is 0. The third kappa shape index (κ3) is 4.22. The van der Waals surface area contributed by atoms with Crippen LogP contribution in [0.4, 0.5) is 11.4 Å². The van der Waals surface area contributed by atoms with Crippen LogP contribution in [0.3, 0.4) is 0 Å². The average molecular weight is 437 g/mol. The second kappa shape index (κ2) is 8.68. The maximum absolute atomic E-state index is 13.1. The van der Waals surface area contributed by atoms with Gasteiger partial charge in [0.1, 0.15) is 18.9 Å². The molecule has 5 rings (SSSR count). The predicted octanol–water partition coefficient (Wildman–Crippen LogP) is 3.85. The molecule has 1 atom stereocenters. The van der Waals surface area contributed by atoms with Gasteiger partial charge in [-0.15, -0.1) is 0 Å². The van der Waals surface area contributed by atoms with Gasteiger partial charge in [0.15, 0.2) is 11.5 Å². The molecule has 8 heteroatoms. The van der Waals surface area contributed by atoms with Gasteiger partial charge in [0, 0.05) is 25.1 Å². The van der Waals surface area contributed by atoms with Crippen LogP contribution in [0, 0.1) is 22.0 Å². The van der Waals surface area contributed by atoms with E-state index >= 15 is 0 Å². The Bertz CT molecular complexity index is 1010. The minimum absolute atomic E-state index is 0.0217. The summed E-state index contributed by atoms with van der Waals surface area (Å²) in [6, 6.07) is 12.7. The van der Waals surface area contributed by atoms with E-state index in [9.17, 15) is 14.9 Å². The predicted molar refractivity (Wildman–Crippen MR) is 119 cm³/mol. The van der Waals surface area contributed by atoms with E-state index in [1.807, 2.05) is 29.2 Å². The SMILES string of the molecule is O=C(NC(c1ccc2c(c1)OCCO2)C1CC1)C1CCN(c2ccccc2[N+](=O)[O-])CC1. The number of fused-ring (bicyclic) bond motifs is 1. The highest BCUT2D eigenvalue weighted by molar-refractivity contribution is 5.80. The number of amides is 1. The molecule has 1 N–H and O–H groups in total. The summed E-state index contributed by atoms with van der Waals surface area (Å²) in [5.41, 5.74) is 1.80. The van der Waals surface area contributed by atoms with Crippen LogP contribution in [0.1, 0.15) is 37.3 Å². The molecule has 0 radical (unpaired) electrons. The standard InChI is InChI=1S/C24H27N3O5/c28-24(17-9-11-26(12-10-17)19-3-1-2-4-20(19)27(29)30)25-23(16-5-6-16)18-7-8-21-22(15-18)32-14-13-31-21/h1-4,7-8,15-17,23H,5-6,9-14H2,(H,25,28). The number of nitro groups is 1. The summed E-state index contributed by atoms with van der Waals surface area (Å²) in [7, 11) is 0. The van der Waals surface area contributed by atoms with Crippen molar-refractivity contribution < 1.29 is 19.2 Å². The zero-order chi connectivity index (χ0) is 22.1. The molecule has 0 bridgehead atoms. The van der Waals surface area contributed by atoms with Gasteiger partial charge in [-0.2, -0.15) is 0 Å². The van der Waals surface area contributed by atoms with Crippen molar-refractivity contribution in [2.45, 2.75) is 31.7 Å². The number of nitrogens with zero attached hydrogens (tertiary/aromatic N) is 2. The van der Waals surface area contributed by atoms with Gasteiger partial charge in [-0.25, -0.2) is 0 Å². The molecule has 2 aliphatic heterocycles. The van der Waals surface area contributed by atoms with Crippen molar-refractivity contribution in [1.82, 2.24) is 5.32 Å². The van der Waals surface area contributed by atoms with E-state index in [1.54, 1.807) is 12.1 Å². The minimum Gasteiger partial charge on any atom is -0.486 e. The molecule has 8 nitrogen and oxygen atoms in total. The number of hydrogen-bond acceptors (Lipinski definition) is 6. The van der Waals surface area contributed by atoms with Gasteiger partial charge in [0.2, 0.25) is 5.91 Å². The number of ether oxygens (including phenoxy) is 2. The number of hydrogen-bond donors (Lipinski definition) is 1. The van der Waals surface area contributed by atoms with Crippen molar-refractivity contribution in [1.29, 1.82) is 0 Å². The van der Waals surface area contributed by atoms with Crippen LogP contribution in [0.25, 0.3) is 0 Å². The molecule has 2 aromatic rings. The van der Waals surface area contributed by atoms with Crippen LogP contribution in [0.15, 0.2) is 42.5 Å². The fourth-order valence-electron chi connectivity index (χ4n) is 4.70. The molecule has 2 aromatic carbocycles. The van der Waals surface area contributed by atoms with Gasteiger partial charge < -0.3 is 19.7 Å². The summed E-state index contributed by atoms with van der Waals surface area (Å²) < 4.78 is 11.3. The molecular weight excluding hydrogens is 410 g/mol. The van der Waals surface area contributed by atoms with Crippen LogP contribution in [-0.4, -0.2) is 37.1 Å². The van der Waals surface area contributed by atoms with Crippen molar-refractivity contribution in [2.24, 2.45) is 11.8 Å². The van der Waals surface area contributed by atoms with Crippen LogP contribution >= 0.6 is 0 Å². The number of rotatable bonds is 6. The summed E-state index contributed by atoms with van der Waals surface area (Å²) in [4.78, 5) is 26.1. The van der Waals surface area contributed by atoms with E-state index in [1.165, 1.54) is 6.07 Å². The fourth-order valence-corrected chi connectivity index (χ4v) is 4.70. The zero-order valence-electron chi connectivity index (χ0n) is 17.9. The molecule has 0 spiro atoms. The summed E-state index contributed by atoms with van der Waals surface area (Å²) in [6.07, 6.45) is 3.57. The summed E-state index contributed by atoms with van der Waals surface area (Å²) in [5.74, 6) is 1.93. The second-order valence-corrected chi connectivity index (χ2v) is 8.73. The first-order valence-electron chi connectivity index (χ1n) is 11.3. The zero-order valence-corrected chi connectivity index (χ0v) is 17.9. The molecule has 1 saturated carbocycles. The molecular formula is C24H27N3O5. The highest BCUT2D eigenvalue weighted by atomic mass is 16.6. The average Bonchev–Trinajstić information content (AvgIpc) is 3.67. The summed E-state index contributed by atoms with van der Waals surface area (Å²) in [6.45, 7) is 2.34. The Kier molecular flexibility index (Phi) is 5.59. The van der Waals surface area contributed by atoms with Gasteiger partial charge in [-0.1, -0.05) is 18.2 Å². The largest absolute Gasteiger partial charge is 0.486 e. The highest BCUT2D eigenvalue weighted by Gasteiger charge is 2.36. The number of carbonyl (C=O) groups excluding carboxylic acids is 1. The minimum atomic E-state index is -0.346. The lowest BCUT2D eigenvalue weighted by atomic mass is 9.93. The van der Waals surface area contributed by atoms with Crippen molar-refractivity contribution in [3.8, 4) is 11.5 Å². The van der Waals surface area contributed by atoms with Gasteiger partial charge in [0.25, 0.3) is 5.69 Å². The summed E-state index contributed by atoms with van der Waals surface area (Å²) in [5, 5.41) is 14.6. The molecule has 0 aromatic heterocycles. The monoisotopic (exact) mass is 437 g/mol. The van der Waals surface area contributed by atoms with E-state index in [0.29, 0.717) is 50.8 Å². The lowest BCUT2D eigenvalue weighted by Crippen LogP contribution is -2.42. The Morgan fingerprint density at radius 1 is 1.03 bits per heavy atom. The van der Waals surface area contributed by atoms with Crippen molar-refractivity contribution >= 4 is 17.3 Å². The number of carbonyl (C=O) groups is 1. The van der Waals surface area contributed by atoms with E-state index < -0.39 is 0 Å². The van der Waals surface area contributed by atoms with Gasteiger partial charge >= 0.3 is 0 Å². The van der Waals surface area contributed by atoms with Crippen molar-refractivity contribution in [3.63, 3.8) is 0 Å². The Hall–Kier alpha value is -3.29. The normalized spacial score (nSPS) is 19.3. The maximum atomic E-state index is 13.1. The van der Waals surface area contributed by atoms with E-state index in [4.69, 9.17) is 9.47 Å². The number of piperidine rings is 1. The Balaban J connectivity index is 1.24. The highest BCUT2D eigenvalue weighted by Crippen LogP contribution is 2.43. The van der Waals surface area contributed by atoms with E-state index in [2.05, 4.69) is 5.32 Å². The molecule has 1 saturated heterocycles. The van der Waals surface area contributed by atoms with Crippen LogP contribution < -0.4 is 19.7 Å². The van der Waals surface area contributed by atoms with Crippen molar-refractivity contribution in [3.05, 3.63) is 58.1 Å². The molecule has 1 amide bonds. The van der Waals surface area contributed by atoms with Crippen molar-refractivity contribution in [2.75, 3.05) is 31.2 Å². The first kappa shape index (κ1) is 20.6. The number of nitrogens with one attached hydrogen (secondary N) is 1. The maximum Gasteiger partial charge on any atom is 0.292 e. The lowest BCUT2D eigenvalue weighted by molar-refractivity contribution is -0.384. The lowest BCUT2D eigenvalue weighted by Gasteiger charge is -2.33. The third-order valence-electron chi connectivity index (χ3n) is 6.60. The first-order valence-corrected chi connectivity index (χ1v) is 11.3. The van der Waals surface area contributed by atoms with Gasteiger partial charge in [-0.3, -0.25) is 14.9 Å². The first-order chi connectivity index (χ1) is 15.6. The smallest absolute Gasteiger partial charge is 0.292 e. The fraction of sp³-hybridized carbons (Fsp3) is 0.458. The van der Waals surface area contributed by atoms with Gasteiger partial charge in [-0.05, 0) is 55.4 Å². The Labute approximate surface area is 186 Å². The second-order valence-electron chi connectivity index (χ2n) is 8.73. The van der Waals surface area contributed by atoms with E-state index in [-0.39, 0.29) is 28.5 Å². The number of anilines is 1. The number of benzene rings is 2. The van der Waals surface area contributed by atoms with Gasteiger partial charge in [0.05, 0.1) is 11.0 Å². The molecule has 32 heavy (non-hydrogen) atoms. The topological polar surface area (TPSA) is 93.9 Å². The Morgan fingerprint density at radius 3 is 2.47 bits per heavy atom. The molecule has 2 heterocycles. The quantitative estimate of drug-likeness (QED) is 0.545. The number of nitro benzene ring substituents is 1. The molecule has 1 aliphatic carbocycles. The molecule has 3 aliphatic rings. The molecule has 168 valence electrons.